The van der Waals surface area contributed by atoms with Crippen LogP contribution in [0.15, 0.2) is 41.3 Å². The van der Waals surface area contributed by atoms with Crippen LogP contribution in [0.4, 0.5) is 4.79 Å². The summed E-state index contributed by atoms with van der Waals surface area (Å²) >= 11 is 1.67. The minimum atomic E-state index is -0.205. The Morgan fingerprint density at radius 2 is 2.12 bits per heavy atom. The molecular formula is C16H19N5O2S. The van der Waals surface area contributed by atoms with Gasteiger partial charge in [-0.1, -0.05) is 6.07 Å². The van der Waals surface area contributed by atoms with E-state index in [1.54, 1.807) is 29.7 Å². The fourth-order valence-corrected chi connectivity index (χ4v) is 3.18. The molecule has 0 aliphatic heterocycles. The monoisotopic (exact) mass is 345 g/mol. The van der Waals surface area contributed by atoms with E-state index in [0.29, 0.717) is 31.7 Å². The zero-order valence-corrected chi connectivity index (χ0v) is 14.2. The smallest absolute Gasteiger partial charge is 0.338 e. The zero-order chi connectivity index (χ0) is 16.9. The van der Waals surface area contributed by atoms with Crippen LogP contribution < -0.4 is 16.3 Å². The van der Waals surface area contributed by atoms with Crippen molar-refractivity contribution in [3.8, 4) is 0 Å². The third-order valence-electron chi connectivity index (χ3n) is 3.54. The van der Waals surface area contributed by atoms with Gasteiger partial charge >= 0.3 is 11.7 Å². The molecule has 0 aliphatic carbocycles. The molecule has 3 aromatic heterocycles. The highest BCUT2D eigenvalue weighted by Crippen LogP contribution is 2.14. The molecule has 3 heterocycles. The quantitative estimate of drug-likeness (QED) is 0.668. The fourth-order valence-electron chi connectivity index (χ4n) is 2.35. The van der Waals surface area contributed by atoms with Crippen LogP contribution in [0.3, 0.4) is 0 Å². The van der Waals surface area contributed by atoms with Crippen LogP contribution in [-0.4, -0.2) is 26.8 Å². The third-order valence-corrected chi connectivity index (χ3v) is 4.54. The normalized spacial score (nSPS) is 10.9. The van der Waals surface area contributed by atoms with Gasteiger partial charge in [0, 0.05) is 29.0 Å². The Labute approximate surface area is 142 Å². The van der Waals surface area contributed by atoms with Gasteiger partial charge in [-0.25, -0.2) is 14.3 Å². The molecule has 24 heavy (non-hydrogen) atoms. The highest BCUT2D eigenvalue weighted by Gasteiger charge is 2.06. The van der Waals surface area contributed by atoms with Gasteiger partial charge in [0.15, 0.2) is 5.65 Å². The number of carbonyl (C=O) groups excluding carboxylic acids is 1. The summed E-state index contributed by atoms with van der Waals surface area (Å²) in [4.78, 5) is 26.2. The molecule has 2 N–H and O–H groups in total. The molecular weight excluding hydrogens is 326 g/mol. The van der Waals surface area contributed by atoms with E-state index in [1.807, 2.05) is 25.1 Å². The van der Waals surface area contributed by atoms with Crippen LogP contribution in [0.2, 0.25) is 0 Å². The van der Waals surface area contributed by atoms with Gasteiger partial charge in [-0.2, -0.15) is 0 Å². The number of pyridine rings is 1. The van der Waals surface area contributed by atoms with Crippen molar-refractivity contribution in [3.05, 3.63) is 56.8 Å². The average Bonchev–Trinajstić information content (AvgIpc) is 3.14. The predicted molar refractivity (Wildman–Crippen MR) is 93.4 cm³/mol. The first kappa shape index (κ1) is 16.3. The predicted octanol–water partition coefficient (Wildman–Crippen LogP) is 1.76. The van der Waals surface area contributed by atoms with Crippen molar-refractivity contribution in [3.63, 3.8) is 0 Å². The Morgan fingerprint density at radius 3 is 2.88 bits per heavy atom. The zero-order valence-electron chi connectivity index (χ0n) is 13.4. The first-order chi connectivity index (χ1) is 11.6. The van der Waals surface area contributed by atoms with Gasteiger partial charge in [0.05, 0.1) is 6.54 Å². The van der Waals surface area contributed by atoms with Gasteiger partial charge in [0.25, 0.3) is 0 Å². The first-order valence-corrected chi connectivity index (χ1v) is 8.56. The largest absolute Gasteiger partial charge is 0.350 e. The number of urea groups is 1. The van der Waals surface area contributed by atoms with Gasteiger partial charge in [0.1, 0.15) is 0 Å². The molecule has 0 saturated heterocycles. The van der Waals surface area contributed by atoms with Crippen LogP contribution in [0.1, 0.15) is 16.2 Å². The second-order valence-electron chi connectivity index (χ2n) is 5.41. The number of carbonyl (C=O) groups is 1. The molecule has 8 heteroatoms. The summed E-state index contributed by atoms with van der Waals surface area (Å²) in [7, 11) is 0. The molecule has 0 fully saturated rings. The molecule has 0 unspecified atom stereocenters. The average molecular weight is 345 g/mol. The maximum atomic E-state index is 12.1. The minimum Gasteiger partial charge on any atom is -0.338 e. The fraction of sp³-hybridized carbons (Fsp3) is 0.312. The van der Waals surface area contributed by atoms with Gasteiger partial charge in [-0.3, -0.25) is 4.40 Å². The van der Waals surface area contributed by atoms with E-state index < -0.39 is 0 Å². The van der Waals surface area contributed by atoms with Crippen molar-refractivity contribution in [1.29, 1.82) is 0 Å². The summed E-state index contributed by atoms with van der Waals surface area (Å²) in [5.41, 5.74) is 0.461. The second kappa shape index (κ2) is 7.31. The van der Waals surface area contributed by atoms with Crippen LogP contribution in [0, 0.1) is 6.92 Å². The lowest BCUT2D eigenvalue weighted by molar-refractivity contribution is 0.240. The molecule has 2 amide bonds. The summed E-state index contributed by atoms with van der Waals surface area (Å²) in [5, 5.41) is 9.85. The Kier molecular flexibility index (Phi) is 4.95. The van der Waals surface area contributed by atoms with Gasteiger partial charge < -0.3 is 10.6 Å². The van der Waals surface area contributed by atoms with Crippen LogP contribution in [0.25, 0.3) is 5.65 Å². The molecule has 0 radical (unpaired) electrons. The van der Waals surface area contributed by atoms with E-state index in [2.05, 4.69) is 15.7 Å². The lowest BCUT2D eigenvalue weighted by Crippen LogP contribution is -2.36. The lowest BCUT2D eigenvalue weighted by atomic mass is 10.4. The number of aryl methyl sites for hydroxylation is 2. The number of hydrogen-bond donors (Lipinski definition) is 2. The summed E-state index contributed by atoms with van der Waals surface area (Å²) in [6.45, 7) is 3.51. The van der Waals surface area contributed by atoms with Gasteiger partial charge in [-0.05, 0) is 37.6 Å². The number of hydrogen-bond acceptors (Lipinski definition) is 4. The number of aromatic nitrogens is 3. The number of fused-ring (bicyclic) bond motifs is 1. The van der Waals surface area contributed by atoms with E-state index in [4.69, 9.17) is 0 Å². The summed E-state index contributed by atoms with van der Waals surface area (Å²) in [6, 6.07) is 9.26. The Hall–Kier alpha value is -2.61. The highest BCUT2D eigenvalue weighted by atomic mass is 32.1. The second-order valence-corrected chi connectivity index (χ2v) is 6.78. The number of thiophene rings is 1. The van der Waals surface area contributed by atoms with E-state index in [-0.39, 0.29) is 11.7 Å². The van der Waals surface area contributed by atoms with Crippen molar-refractivity contribution in [1.82, 2.24) is 24.8 Å². The first-order valence-electron chi connectivity index (χ1n) is 7.75. The molecule has 0 aromatic carbocycles. The van der Waals surface area contributed by atoms with E-state index in [9.17, 15) is 9.59 Å². The lowest BCUT2D eigenvalue weighted by Gasteiger charge is -2.06. The van der Waals surface area contributed by atoms with Crippen molar-refractivity contribution in [2.75, 3.05) is 6.54 Å². The molecule has 3 aromatic rings. The highest BCUT2D eigenvalue weighted by molar-refractivity contribution is 7.11. The molecule has 0 aliphatic rings. The maximum absolute atomic E-state index is 12.1. The number of rotatable bonds is 6. The van der Waals surface area contributed by atoms with Crippen molar-refractivity contribution >= 4 is 23.0 Å². The van der Waals surface area contributed by atoms with Crippen LogP contribution in [0.5, 0.6) is 0 Å². The van der Waals surface area contributed by atoms with E-state index in [0.717, 1.165) is 4.88 Å². The van der Waals surface area contributed by atoms with E-state index >= 15 is 0 Å². The molecule has 0 atom stereocenters. The SMILES string of the molecule is Cc1ccc(CNC(=O)NCCCn2nc3ccccn3c2=O)s1. The molecule has 0 saturated carbocycles. The molecule has 126 valence electrons. The molecule has 3 rings (SSSR count). The van der Waals surface area contributed by atoms with Gasteiger partial charge in [0.2, 0.25) is 0 Å². The Morgan fingerprint density at radius 1 is 1.25 bits per heavy atom. The minimum absolute atomic E-state index is 0.164. The summed E-state index contributed by atoms with van der Waals surface area (Å²) in [6.07, 6.45) is 2.33. The summed E-state index contributed by atoms with van der Waals surface area (Å²) in [5.74, 6) is 0. The van der Waals surface area contributed by atoms with Crippen LogP contribution in [-0.2, 0) is 13.1 Å². The maximum Gasteiger partial charge on any atom is 0.350 e. The molecule has 0 bridgehead atoms. The Balaban J connectivity index is 1.42. The number of amides is 2. The van der Waals surface area contributed by atoms with Crippen LogP contribution >= 0.6 is 11.3 Å². The molecule has 0 spiro atoms. The standard InChI is InChI=1S/C16H19N5O2S/c1-12-6-7-13(24-12)11-18-15(22)17-8-4-10-21-16(23)20-9-3-2-5-14(20)19-21/h2-3,5-7,9H,4,8,10-11H2,1H3,(H2,17,18,22). The van der Waals surface area contributed by atoms with Gasteiger partial charge in [-0.15, -0.1) is 16.4 Å². The number of nitrogens with one attached hydrogen (secondary N) is 2. The Bertz CT molecular complexity index is 895. The third kappa shape index (κ3) is 3.83. The van der Waals surface area contributed by atoms with Crippen molar-refractivity contribution in [2.24, 2.45) is 0 Å². The van der Waals surface area contributed by atoms with E-state index in [1.165, 1.54) is 14.0 Å². The summed E-state index contributed by atoms with van der Waals surface area (Å²) < 4.78 is 2.92. The van der Waals surface area contributed by atoms with Crippen molar-refractivity contribution < 1.29 is 4.79 Å². The topological polar surface area (TPSA) is 80.4 Å². The number of nitrogens with zero attached hydrogens (tertiary/aromatic N) is 3. The van der Waals surface area contributed by atoms with Crippen molar-refractivity contribution in [2.45, 2.75) is 26.4 Å². The molecule has 7 nitrogen and oxygen atoms in total.